The minimum atomic E-state index is 0.162. The van der Waals surface area contributed by atoms with Crippen LogP contribution in [0.1, 0.15) is 51.2 Å². The SMILES string of the molecule is Cc1ccc(NC(=O)C2C[C@H](C)CC[C@H]2C(C)C)c(C)c1. The first-order chi connectivity index (χ1) is 9.88. The summed E-state index contributed by atoms with van der Waals surface area (Å²) in [6.07, 6.45) is 3.47. The smallest absolute Gasteiger partial charge is 0.227 e. The molecule has 1 unspecified atom stereocenters. The van der Waals surface area contributed by atoms with E-state index in [1.54, 1.807) is 0 Å². The fourth-order valence-corrected chi connectivity index (χ4v) is 3.68. The van der Waals surface area contributed by atoms with E-state index in [0.29, 0.717) is 17.8 Å². The topological polar surface area (TPSA) is 29.1 Å². The summed E-state index contributed by atoms with van der Waals surface area (Å²) in [6.45, 7) is 10.9. The second kappa shape index (κ2) is 6.64. The van der Waals surface area contributed by atoms with Gasteiger partial charge in [-0.2, -0.15) is 0 Å². The summed E-state index contributed by atoms with van der Waals surface area (Å²) in [5.74, 6) is 2.14. The normalized spacial score (nSPS) is 25.9. The molecule has 1 aromatic rings. The number of hydrogen-bond acceptors (Lipinski definition) is 1. The number of anilines is 1. The summed E-state index contributed by atoms with van der Waals surface area (Å²) in [6, 6.07) is 6.21. The maximum Gasteiger partial charge on any atom is 0.227 e. The molecule has 0 heterocycles. The zero-order valence-corrected chi connectivity index (χ0v) is 14.1. The van der Waals surface area contributed by atoms with E-state index in [2.05, 4.69) is 52.1 Å². The fourth-order valence-electron chi connectivity index (χ4n) is 3.68. The van der Waals surface area contributed by atoms with E-state index in [0.717, 1.165) is 17.7 Å². The number of nitrogens with one attached hydrogen (secondary N) is 1. The first kappa shape index (κ1) is 16.1. The van der Waals surface area contributed by atoms with Crippen molar-refractivity contribution in [2.45, 2.75) is 53.9 Å². The van der Waals surface area contributed by atoms with Gasteiger partial charge in [0.2, 0.25) is 5.91 Å². The van der Waals surface area contributed by atoms with Crippen LogP contribution < -0.4 is 5.32 Å². The van der Waals surface area contributed by atoms with Gasteiger partial charge in [-0.05, 0) is 56.1 Å². The van der Waals surface area contributed by atoms with Gasteiger partial charge in [0.1, 0.15) is 0 Å². The number of hydrogen-bond donors (Lipinski definition) is 1. The Kier molecular flexibility index (Phi) is 5.08. The second-order valence-electron chi connectivity index (χ2n) is 7.24. The van der Waals surface area contributed by atoms with Crippen LogP contribution in [0.15, 0.2) is 18.2 Å². The number of carbonyl (C=O) groups excluding carboxylic acids is 1. The van der Waals surface area contributed by atoms with Crippen molar-refractivity contribution in [3.63, 3.8) is 0 Å². The third-order valence-electron chi connectivity index (χ3n) is 5.00. The van der Waals surface area contributed by atoms with E-state index >= 15 is 0 Å². The highest BCUT2D eigenvalue weighted by molar-refractivity contribution is 5.93. The molecule has 0 radical (unpaired) electrons. The van der Waals surface area contributed by atoms with Crippen molar-refractivity contribution < 1.29 is 4.79 Å². The molecule has 0 spiro atoms. The highest BCUT2D eigenvalue weighted by atomic mass is 16.1. The minimum absolute atomic E-state index is 0.162. The highest BCUT2D eigenvalue weighted by Gasteiger charge is 2.35. The molecule has 116 valence electrons. The molecule has 1 aliphatic carbocycles. The molecule has 1 aromatic carbocycles. The molecule has 0 aromatic heterocycles. The van der Waals surface area contributed by atoms with Crippen LogP contribution in [-0.2, 0) is 4.79 Å². The standard InChI is InChI=1S/C19H29NO/c1-12(2)16-8-6-14(4)11-17(16)19(21)20-18-9-7-13(3)10-15(18)5/h7,9-10,12,14,16-17H,6,8,11H2,1-5H3,(H,20,21)/t14-,16+,17?/m1/s1. The molecule has 1 aliphatic rings. The zero-order valence-electron chi connectivity index (χ0n) is 14.1. The van der Waals surface area contributed by atoms with Crippen molar-refractivity contribution in [3.05, 3.63) is 29.3 Å². The molecule has 0 saturated heterocycles. The van der Waals surface area contributed by atoms with Crippen LogP contribution in [0.25, 0.3) is 0 Å². The van der Waals surface area contributed by atoms with Crippen LogP contribution in [0.2, 0.25) is 0 Å². The number of amides is 1. The average molecular weight is 287 g/mol. The molecule has 0 aliphatic heterocycles. The van der Waals surface area contributed by atoms with Crippen LogP contribution in [0.5, 0.6) is 0 Å². The Bertz CT molecular complexity index is 506. The van der Waals surface area contributed by atoms with Crippen molar-refractivity contribution in [2.75, 3.05) is 5.32 Å². The van der Waals surface area contributed by atoms with E-state index in [9.17, 15) is 4.79 Å². The molecule has 2 nitrogen and oxygen atoms in total. The third-order valence-corrected chi connectivity index (χ3v) is 5.00. The summed E-state index contributed by atoms with van der Waals surface area (Å²) < 4.78 is 0. The van der Waals surface area contributed by atoms with Crippen molar-refractivity contribution in [1.82, 2.24) is 0 Å². The molecular weight excluding hydrogens is 258 g/mol. The van der Waals surface area contributed by atoms with Gasteiger partial charge in [0.15, 0.2) is 0 Å². The lowest BCUT2D eigenvalue weighted by molar-refractivity contribution is -0.124. The Morgan fingerprint density at radius 1 is 1.24 bits per heavy atom. The Balaban J connectivity index is 2.13. The molecular formula is C19H29NO. The van der Waals surface area contributed by atoms with E-state index in [-0.39, 0.29) is 11.8 Å². The summed E-state index contributed by atoms with van der Waals surface area (Å²) in [4.78, 5) is 12.8. The predicted molar refractivity (Wildman–Crippen MR) is 89.4 cm³/mol. The molecule has 1 saturated carbocycles. The molecule has 1 amide bonds. The van der Waals surface area contributed by atoms with Gasteiger partial charge in [0, 0.05) is 11.6 Å². The Hall–Kier alpha value is -1.31. The fraction of sp³-hybridized carbons (Fsp3) is 0.632. The highest BCUT2D eigenvalue weighted by Crippen LogP contribution is 2.38. The summed E-state index contributed by atoms with van der Waals surface area (Å²) in [7, 11) is 0. The molecule has 1 fully saturated rings. The van der Waals surface area contributed by atoms with Gasteiger partial charge in [-0.15, -0.1) is 0 Å². The summed E-state index contributed by atoms with van der Waals surface area (Å²) >= 11 is 0. The van der Waals surface area contributed by atoms with Crippen molar-refractivity contribution in [2.24, 2.45) is 23.7 Å². The molecule has 21 heavy (non-hydrogen) atoms. The summed E-state index contributed by atoms with van der Waals surface area (Å²) in [5.41, 5.74) is 3.34. The number of aryl methyl sites for hydroxylation is 2. The van der Waals surface area contributed by atoms with Gasteiger partial charge in [0.05, 0.1) is 0 Å². The van der Waals surface area contributed by atoms with Crippen LogP contribution in [0.4, 0.5) is 5.69 Å². The lowest BCUT2D eigenvalue weighted by Crippen LogP contribution is -2.36. The van der Waals surface area contributed by atoms with Gasteiger partial charge in [0.25, 0.3) is 0 Å². The lowest BCUT2D eigenvalue weighted by atomic mass is 9.70. The van der Waals surface area contributed by atoms with E-state index in [1.165, 1.54) is 18.4 Å². The number of rotatable bonds is 3. The minimum Gasteiger partial charge on any atom is -0.326 e. The second-order valence-corrected chi connectivity index (χ2v) is 7.24. The zero-order chi connectivity index (χ0) is 15.6. The Labute approximate surface area is 129 Å². The van der Waals surface area contributed by atoms with Crippen molar-refractivity contribution in [1.29, 1.82) is 0 Å². The van der Waals surface area contributed by atoms with Gasteiger partial charge >= 0.3 is 0 Å². The maximum atomic E-state index is 12.8. The van der Waals surface area contributed by atoms with E-state index in [4.69, 9.17) is 0 Å². The van der Waals surface area contributed by atoms with E-state index in [1.807, 2.05) is 6.07 Å². The van der Waals surface area contributed by atoms with Gasteiger partial charge < -0.3 is 5.32 Å². The maximum absolute atomic E-state index is 12.8. The van der Waals surface area contributed by atoms with Crippen LogP contribution in [0.3, 0.4) is 0 Å². The van der Waals surface area contributed by atoms with Crippen molar-refractivity contribution >= 4 is 11.6 Å². The van der Waals surface area contributed by atoms with Gasteiger partial charge in [-0.25, -0.2) is 0 Å². The predicted octanol–water partition coefficient (Wildman–Crippen LogP) is 4.95. The van der Waals surface area contributed by atoms with E-state index < -0.39 is 0 Å². The average Bonchev–Trinajstić information content (AvgIpc) is 2.41. The first-order valence-corrected chi connectivity index (χ1v) is 8.26. The van der Waals surface area contributed by atoms with Crippen LogP contribution in [0, 0.1) is 37.5 Å². The Morgan fingerprint density at radius 2 is 1.95 bits per heavy atom. The largest absolute Gasteiger partial charge is 0.326 e. The van der Waals surface area contributed by atoms with Crippen LogP contribution >= 0.6 is 0 Å². The first-order valence-electron chi connectivity index (χ1n) is 8.26. The van der Waals surface area contributed by atoms with Crippen molar-refractivity contribution in [3.8, 4) is 0 Å². The lowest BCUT2D eigenvalue weighted by Gasteiger charge is -2.36. The van der Waals surface area contributed by atoms with Gasteiger partial charge in [-0.1, -0.05) is 44.9 Å². The van der Waals surface area contributed by atoms with Gasteiger partial charge in [-0.3, -0.25) is 4.79 Å². The Morgan fingerprint density at radius 3 is 2.57 bits per heavy atom. The molecule has 2 rings (SSSR count). The molecule has 1 N–H and O–H groups in total. The molecule has 2 heteroatoms. The third kappa shape index (κ3) is 3.87. The van der Waals surface area contributed by atoms with Crippen LogP contribution in [-0.4, -0.2) is 5.91 Å². The number of benzene rings is 1. The molecule has 3 atom stereocenters. The summed E-state index contributed by atoms with van der Waals surface area (Å²) in [5, 5.41) is 3.17. The quantitative estimate of drug-likeness (QED) is 0.837. The molecule has 0 bridgehead atoms. The monoisotopic (exact) mass is 287 g/mol. The number of carbonyl (C=O) groups is 1.